The van der Waals surface area contributed by atoms with Crippen molar-refractivity contribution >= 4 is 5.97 Å². The van der Waals surface area contributed by atoms with Gasteiger partial charge in [0.05, 0.1) is 13.7 Å². The van der Waals surface area contributed by atoms with E-state index in [0.29, 0.717) is 32.5 Å². The van der Waals surface area contributed by atoms with Gasteiger partial charge in [0.25, 0.3) is 0 Å². The largest absolute Gasteiger partial charge is 0.497 e. The molecule has 1 atom stereocenters. The number of hydrogen-bond donors (Lipinski definition) is 0. The van der Waals surface area contributed by atoms with Crippen LogP contribution in [0.4, 0.5) is 0 Å². The lowest BCUT2D eigenvalue weighted by atomic mass is 9.98. The average molecular weight is 380 g/mol. The maximum Gasteiger partial charge on any atom is 0.306 e. The summed E-state index contributed by atoms with van der Waals surface area (Å²) >= 11 is 0. The number of esters is 1. The Hall–Kier alpha value is -1.79. The van der Waals surface area contributed by atoms with E-state index in [4.69, 9.17) is 23.7 Å². The van der Waals surface area contributed by atoms with Crippen molar-refractivity contribution < 1.29 is 28.5 Å². The van der Waals surface area contributed by atoms with Crippen molar-refractivity contribution in [3.8, 4) is 11.5 Å². The average Bonchev–Trinajstić information content (AvgIpc) is 2.87. The van der Waals surface area contributed by atoms with Crippen LogP contribution >= 0.6 is 0 Å². The highest BCUT2D eigenvalue weighted by Crippen LogP contribution is 2.35. The third kappa shape index (κ3) is 7.03. The molecule has 1 saturated heterocycles. The van der Waals surface area contributed by atoms with Gasteiger partial charge in [-0.15, -0.1) is 0 Å². The van der Waals surface area contributed by atoms with Gasteiger partial charge < -0.3 is 23.7 Å². The molecule has 6 heteroatoms. The number of hydrogen-bond acceptors (Lipinski definition) is 6. The van der Waals surface area contributed by atoms with E-state index in [2.05, 4.69) is 0 Å². The lowest BCUT2D eigenvalue weighted by molar-refractivity contribution is -0.169. The predicted octanol–water partition coefficient (Wildman–Crippen LogP) is 4.11. The fourth-order valence-electron chi connectivity index (χ4n) is 2.99. The summed E-state index contributed by atoms with van der Waals surface area (Å²) < 4.78 is 28.4. The molecule has 1 unspecified atom stereocenters. The minimum atomic E-state index is -0.671. The highest BCUT2D eigenvalue weighted by Gasteiger charge is 2.46. The predicted molar refractivity (Wildman–Crippen MR) is 102 cm³/mol. The van der Waals surface area contributed by atoms with E-state index >= 15 is 0 Å². The van der Waals surface area contributed by atoms with Gasteiger partial charge in [-0.3, -0.25) is 4.79 Å². The number of benzene rings is 1. The van der Waals surface area contributed by atoms with E-state index in [0.717, 1.165) is 11.5 Å². The second kappa shape index (κ2) is 8.48. The van der Waals surface area contributed by atoms with Gasteiger partial charge in [0.15, 0.2) is 5.79 Å². The first-order valence-corrected chi connectivity index (χ1v) is 9.35. The molecule has 0 radical (unpaired) electrons. The van der Waals surface area contributed by atoms with Crippen molar-refractivity contribution in [2.45, 2.75) is 70.9 Å². The Morgan fingerprint density at radius 3 is 2.30 bits per heavy atom. The first-order chi connectivity index (χ1) is 12.5. The maximum absolute atomic E-state index is 12.0. The Bertz CT molecular complexity index is 617. The summed E-state index contributed by atoms with van der Waals surface area (Å²) in [4.78, 5) is 12.0. The summed E-state index contributed by atoms with van der Waals surface area (Å²) in [6.07, 6.45) is 1.62. The number of ether oxygens (including phenoxy) is 5. The lowest BCUT2D eigenvalue weighted by Gasteiger charge is -2.29. The van der Waals surface area contributed by atoms with Crippen molar-refractivity contribution in [3.05, 3.63) is 24.3 Å². The van der Waals surface area contributed by atoms with Gasteiger partial charge in [-0.1, -0.05) is 0 Å². The second-order valence-corrected chi connectivity index (χ2v) is 8.38. The molecule has 152 valence electrons. The minimum Gasteiger partial charge on any atom is -0.497 e. The summed E-state index contributed by atoms with van der Waals surface area (Å²) in [6.45, 7) is 10.1. The van der Waals surface area contributed by atoms with Crippen LogP contribution in [0.25, 0.3) is 0 Å². The Balaban J connectivity index is 1.93. The molecule has 1 heterocycles. The van der Waals surface area contributed by atoms with Crippen molar-refractivity contribution in [3.63, 3.8) is 0 Å². The lowest BCUT2D eigenvalue weighted by Crippen LogP contribution is -2.40. The van der Waals surface area contributed by atoms with Crippen LogP contribution < -0.4 is 9.47 Å². The van der Waals surface area contributed by atoms with Gasteiger partial charge >= 0.3 is 5.97 Å². The smallest absolute Gasteiger partial charge is 0.306 e. The van der Waals surface area contributed by atoms with Crippen LogP contribution in [0.5, 0.6) is 11.5 Å². The fraction of sp³-hybridized carbons (Fsp3) is 0.667. The van der Waals surface area contributed by atoms with Crippen molar-refractivity contribution in [1.82, 2.24) is 0 Å². The molecule has 0 aliphatic carbocycles. The third-order valence-corrected chi connectivity index (χ3v) is 4.14. The molecule has 1 aliphatic rings. The summed E-state index contributed by atoms with van der Waals surface area (Å²) in [5.74, 6) is 0.633. The maximum atomic E-state index is 12.0. The van der Waals surface area contributed by atoms with Crippen LogP contribution in [0, 0.1) is 0 Å². The quantitative estimate of drug-likeness (QED) is 0.633. The van der Waals surface area contributed by atoms with Crippen LogP contribution in [0.2, 0.25) is 0 Å². The van der Waals surface area contributed by atoms with Gasteiger partial charge in [0.1, 0.15) is 29.3 Å². The molecule has 6 nitrogen and oxygen atoms in total. The molecule has 0 amide bonds. The summed E-state index contributed by atoms with van der Waals surface area (Å²) in [5.41, 5.74) is -1.06. The Morgan fingerprint density at radius 1 is 1.15 bits per heavy atom. The van der Waals surface area contributed by atoms with E-state index in [1.807, 2.05) is 58.9 Å². The van der Waals surface area contributed by atoms with E-state index in [1.165, 1.54) is 0 Å². The molecule has 1 aromatic carbocycles. The molecule has 0 spiro atoms. The SMILES string of the molecule is COc1ccc(OCC2(CCCC(=O)OC(C)(C)C)COC(C)(C)O2)cc1. The van der Waals surface area contributed by atoms with Crippen molar-refractivity contribution in [1.29, 1.82) is 0 Å². The first kappa shape index (κ1) is 21.5. The highest BCUT2D eigenvalue weighted by atomic mass is 16.8. The zero-order valence-corrected chi connectivity index (χ0v) is 17.3. The molecular weight excluding hydrogens is 348 g/mol. The van der Waals surface area contributed by atoms with E-state index in [9.17, 15) is 4.79 Å². The van der Waals surface area contributed by atoms with Crippen molar-refractivity contribution in [2.75, 3.05) is 20.3 Å². The summed E-state index contributed by atoms with van der Waals surface area (Å²) in [7, 11) is 1.63. The standard InChI is InChI=1S/C21H32O6/c1-19(2,3)26-18(22)8-7-13-21(15-25-20(4,5)27-21)14-24-17-11-9-16(23-6)10-12-17/h9-12H,7-8,13-15H2,1-6H3. The number of carbonyl (C=O) groups is 1. The topological polar surface area (TPSA) is 63.2 Å². The highest BCUT2D eigenvalue weighted by molar-refractivity contribution is 5.69. The van der Waals surface area contributed by atoms with E-state index < -0.39 is 17.0 Å². The van der Waals surface area contributed by atoms with Crippen LogP contribution in [-0.2, 0) is 19.0 Å². The van der Waals surface area contributed by atoms with Gasteiger partial charge in [-0.25, -0.2) is 0 Å². The van der Waals surface area contributed by atoms with Crippen LogP contribution in [0.1, 0.15) is 53.9 Å². The molecule has 1 aliphatic heterocycles. The van der Waals surface area contributed by atoms with E-state index in [-0.39, 0.29) is 5.97 Å². The zero-order chi connectivity index (χ0) is 20.1. The Kier molecular flexibility index (Phi) is 6.76. The number of methoxy groups -OCH3 is 1. The molecule has 27 heavy (non-hydrogen) atoms. The third-order valence-electron chi connectivity index (χ3n) is 4.14. The molecule has 0 saturated carbocycles. The number of carbonyl (C=O) groups excluding carboxylic acids is 1. The van der Waals surface area contributed by atoms with Gasteiger partial charge in [-0.2, -0.15) is 0 Å². The van der Waals surface area contributed by atoms with Crippen LogP contribution in [-0.4, -0.2) is 43.3 Å². The molecule has 0 aromatic heterocycles. The number of rotatable bonds is 8. The van der Waals surface area contributed by atoms with Gasteiger partial charge in [-0.05, 0) is 71.7 Å². The second-order valence-electron chi connectivity index (χ2n) is 8.38. The molecular formula is C21H32O6. The Morgan fingerprint density at radius 2 is 1.78 bits per heavy atom. The van der Waals surface area contributed by atoms with E-state index in [1.54, 1.807) is 7.11 Å². The minimum absolute atomic E-state index is 0.202. The van der Waals surface area contributed by atoms with Crippen LogP contribution in [0.15, 0.2) is 24.3 Å². The Labute approximate surface area is 162 Å². The van der Waals surface area contributed by atoms with Crippen molar-refractivity contribution in [2.24, 2.45) is 0 Å². The fourth-order valence-corrected chi connectivity index (χ4v) is 2.99. The molecule has 0 bridgehead atoms. The van der Waals surface area contributed by atoms with Gasteiger partial charge in [0, 0.05) is 6.42 Å². The molecule has 2 rings (SSSR count). The molecule has 1 aromatic rings. The zero-order valence-electron chi connectivity index (χ0n) is 17.3. The monoisotopic (exact) mass is 380 g/mol. The van der Waals surface area contributed by atoms with Gasteiger partial charge in [0.2, 0.25) is 0 Å². The first-order valence-electron chi connectivity index (χ1n) is 9.35. The normalized spacial score (nSPS) is 21.7. The van der Waals surface area contributed by atoms with Crippen LogP contribution in [0.3, 0.4) is 0 Å². The summed E-state index contributed by atoms with van der Waals surface area (Å²) in [6, 6.07) is 7.41. The molecule has 1 fully saturated rings. The summed E-state index contributed by atoms with van der Waals surface area (Å²) in [5, 5.41) is 0. The molecule has 0 N–H and O–H groups in total.